The van der Waals surface area contributed by atoms with Crippen molar-refractivity contribution in [2.75, 3.05) is 0 Å². The lowest BCUT2D eigenvalue weighted by atomic mass is 10.0. The van der Waals surface area contributed by atoms with E-state index in [9.17, 15) is 5.11 Å². The number of benzene rings is 2. The highest BCUT2D eigenvalue weighted by atomic mass is 35.5. The Morgan fingerprint density at radius 2 is 1.68 bits per heavy atom. The Bertz CT molecular complexity index is 598. The molecule has 2 rings (SSSR count). The second kappa shape index (κ2) is 6.34. The van der Waals surface area contributed by atoms with E-state index in [1.54, 1.807) is 36.4 Å². The number of hydrogen-bond acceptors (Lipinski definition) is 1. The van der Waals surface area contributed by atoms with Crippen LogP contribution >= 0.6 is 46.4 Å². The monoisotopic (exact) mass is 334 g/mol. The van der Waals surface area contributed by atoms with E-state index in [0.29, 0.717) is 32.1 Å². The molecule has 5 heteroatoms. The number of halogens is 4. The van der Waals surface area contributed by atoms with E-state index in [1.165, 1.54) is 0 Å². The minimum Gasteiger partial charge on any atom is -0.388 e. The van der Waals surface area contributed by atoms with E-state index in [0.717, 1.165) is 5.56 Å². The van der Waals surface area contributed by atoms with Crippen LogP contribution in [-0.2, 0) is 6.42 Å². The number of aliphatic hydroxyl groups is 1. The van der Waals surface area contributed by atoms with Gasteiger partial charge in [-0.3, -0.25) is 0 Å². The molecule has 0 saturated carbocycles. The highest BCUT2D eigenvalue weighted by Crippen LogP contribution is 2.33. The largest absolute Gasteiger partial charge is 0.388 e. The summed E-state index contributed by atoms with van der Waals surface area (Å²) >= 11 is 23.9. The van der Waals surface area contributed by atoms with Crippen LogP contribution in [0.2, 0.25) is 20.1 Å². The smallest absolute Gasteiger partial charge is 0.0845 e. The standard InChI is InChI=1S/C14H10Cl4O/c15-9-5-4-8(12(17)7-9)6-13(19)10-2-1-3-11(16)14(10)18/h1-5,7,13,19H,6H2. The molecule has 2 aromatic carbocycles. The molecule has 100 valence electrons. The first-order chi connectivity index (χ1) is 8.99. The van der Waals surface area contributed by atoms with E-state index in [1.807, 2.05) is 0 Å². The van der Waals surface area contributed by atoms with Gasteiger partial charge in [-0.15, -0.1) is 0 Å². The van der Waals surface area contributed by atoms with Gasteiger partial charge in [0.1, 0.15) is 0 Å². The van der Waals surface area contributed by atoms with Gasteiger partial charge in [-0.05, 0) is 23.8 Å². The third-order valence-electron chi connectivity index (χ3n) is 2.77. The van der Waals surface area contributed by atoms with Gasteiger partial charge >= 0.3 is 0 Å². The Morgan fingerprint density at radius 3 is 2.37 bits per heavy atom. The van der Waals surface area contributed by atoms with Gasteiger partial charge in [0, 0.05) is 22.0 Å². The van der Waals surface area contributed by atoms with Gasteiger partial charge < -0.3 is 5.11 Å². The van der Waals surface area contributed by atoms with Gasteiger partial charge in [-0.25, -0.2) is 0 Å². The predicted molar refractivity (Wildman–Crippen MR) is 81.6 cm³/mol. The molecule has 0 radical (unpaired) electrons. The van der Waals surface area contributed by atoms with Crippen LogP contribution in [0.5, 0.6) is 0 Å². The van der Waals surface area contributed by atoms with Crippen molar-refractivity contribution in [2.24, 2.45) is 0 Å². The molecule has 0 spiro atoms. The van der Waals surface area contributed by atoms with Crippen molar-refractivity contribution in [2.45, 2.75) is 12.5 Å². The lowest BCUT2D eigenvalue weighted by molar-refractivity contribution is 0.178. The average molecular weight is 336 g/mol. The zero-order chi connectivity index (χ0) is 14.0. The topological polar surface area (TPSA) is 20.2 Å². The molecule has 1 N–H and O–H groups in total. The maximum atomic E-state index is 10.2. The fourth-order valence-electron chi connectivity index (χ4n) is 1.78. The fraction of sp³-hybridized carbons (Fsp3) is 0.143. The van der Waals surface area contributed by atoms with Crippen LogP contribution in [-0.4, -0.2) is 5.11 Å². The minimum atomic E-state index is -0.773. The number of hydrogen-bond donors (Lipinski definition) is 1. The molecule has 0 aromatic heterocycles. The SMILES string of the molecule is OC(Cc1ccc(Cl)cc1Cl)c1cccc(Cl)c1Cl. The average Bonchev–Trinajstić information content (AvgIpc) is 2.36. The van der Waals surface area contributed by atoms with Crippen LogP contribution in [0.15, 0.2) is 36.4 Å². The van der Waals surface area contributed by atoms with Gasteiger partial charge in [-0.1, -0.05) is 64.6 Å². The predicted octanol–water partition coefficient (Wildman–Crippen LogP) is 5.58. The summed E-state index contributed by atoms with van der Waals surface area (Å²) in [6.07, 6.45) is -0.430. The van der Waals surface area contributed by atoms with Crippen LogP contribution in [0, 0.1) is 0 Å². The fourth-order valence-corrected chi connectivity index (χ4v) is 2.70. The molecule has 0 saturated heterocycles. The van der Waals surface area contributed by atoms with Gasteiger partial charge in [0.15, 0.2) is 0 Å². The molecule has 0 amide bonds. The third-order valence-corrected chi connectivity index (χ3v) is 4.19. The molecule has 0 bridgehead atoms. The molecule has 2 aromatic rings. The second-order valence-corrected chi connectivity index (χ2v) is 5.73. The quantitative estimate of drug-likeness (QED) is 0.776. The summed E-state index contributed by atoms with van der Waals surface area (Å²) in [5.41, 5.74) is 1.38. The van der Waals surface area contributed by atoms with Crippen molar-refractivity contribution in [3.63, 3.8) is 0 Å². The van der Waals surface area contributed by atoms with E-state index in [2.05, 4.69) is 0 Å². The Labute approximate surface area is 131 Å². The van der Waals surface area contributed by atoms with Gasteiger partial charge in [0.2, 0.25) is 0 Å². The van der Waals surface area contributed by atoms with Gasteiger partial charge in [-0.2, -0.15) is 0 Å². The molecule has 1 nitrogen and oxygen atoms in total. The van der Waals surface area contributed by atoms with E-state index >= 15 is 0 Å². The Kier molecular flexibility index (Phi) is 4.99. The first kappa shape index (κ1) is 15.0. The second-order valence-electron chi connectivity index (χ2n) is 4.10. The van der Waals surface area contributed by atoms with Crippen LogP contribution in [0.4, 0.5) is 0 Å². The first-order valence-corrected chi connectivity index (χ1v) is 7.06. The lowest BCUT2D eigenvalue weighted by Gasteiger charge is -2.14. The number of rotatable bonds is 3. The maximum absolute atomic E-state index is 10.2. The minimum absolute atomic E-state index is 0.343. The molecule has 0 heterocycles. The van der Waals surface area contributed by atoms with Crippen LogP contribution in [0.1, 0.15) is 17.2 Å². The van der Waals surface area contributed by atoms with Crippen LogP contribution < -0.4 is 0 Å². The summed E-state index contributed by atoms with van der Waals surface area (Å²) in [5.74, 6) is 0. The van der Waals surface area contributed by atoms with Gasteiger partial charge in [0.05, 0.1) is 16.1 Å². The molecule has 0 fully saturated rings. The van der Waals surface area contributed by atoms with Crippen molar-refractivity contribution in [3.8, 4) is 0 Å². The van der Waals surface area contributed by atoms with Crippen molar-refractivity contribution in [3.05, 3.63) is 67.6 Å². The highest BCUT2D eigenvalue weighted by Gasteiger charge is 2.15. The van der Waals surface area contributed by atoms with Crippen molar-refractivity contribution in [1.29, 1.82) is 0 Å². The van der Waals surface area contributed by atoms with E-state index in [-0.39, 0.29) is 0 Å². The highest BCUT2D eigenvalue weighted by molar-refractivity contribution is 6.42. The maximum Gasteiger partial charge on any atom is 0.0845 e. The van der Waals surface area contributed by atoms with Gasteiger partial charge in [0.25, 0.3) is 0 Å². The summed E-state index contributed by atoms with van der Waals surface area (Å²) in [6.45, 7) is 0. The molecule has 0 aliphatic carbocycles. The summed E-state index contributed by atoms with van der Waals surface area (Å²) in [5, 5.41) is 12.1. The van der Waals surface area contributed by atoms with Crippen molar-refractivity contribution in [1.82, 2.24) is 0 Å². The van der Waals surface area contributed by atoms with Crippen molar-refractivity contribution < 1.29 is 5.11 Å². The Balaban J connectivity index is 2.25. The molecular weight excluding hydrogens is 326 g/mol. The summed E-state index contributed by atoms with van der Waals surface area (Å²) in [7, 11) is 0. The first-order valence-electron chi connectivity index (χ1n) is 5.55. The molecule has 19 heavy (non-hydrogen) atoms. The molecule has 1 unspecified atom stereocenters. The Hall–Kier alpha value is -0.440. The zero-order valence-corrected chi connectivity index (χ0v) is 12.7. The third kappa shape index (κ3) is 3.56. The molecule has 0 aliphatic rings. The van der Waals surface area contributed by atoms with Crippen LogP contribution in [0.3, 0.4) is 0 Å². The number of aliphatic hydroxyl groups excluding tert-OH is 1. The zero-order valence-electron chi connectivity index (χ0n) is 9.71. The molecular formula is C14H10Cl4O. The van der Waals surface area contributed by atoms with E-state index < -0.39 is 6.10 Å². The summed E-state index contributed by atoms with van der Waals surface area (Å²) in [6, 6.07) is 10.3. The van der Waals surface area contributed by atoms with Crippen LogP contribution in [0.25, 0.3) is 0 Å². The lowest BCUT2D eigenvalue weighted by Crippen LogP contribution is -2.03. The van der Waals surface area contributed by atoms with E-state index in [4.69, 9.17) is 46.4 Å². The normalized spacial score (nSPS) is 12.5. The molecule has 0 aliphatic heterocycles. The summed E-state index contributed by atoms with van der Waals surface area (Å²) in [4.78, 5) is 0. The Morgan fingerprint density at radius 1 is 0.947 bits per heavy atom. The van der Waals surface area contributed by atoms with Crippen molar-refractivity contribution >= 4 is 46.4 Å². The molecule has 1 atom stereocenters. The summed E-state index contributed by atoms with van der Waals surface area (Å²) < 4.78 is 0.